The van der Waals surface area contributed by atoms with E-state index in [1.807, 2.05) is 0 Å². The minimum Gasteiger partial charge on any atom is -0.316 e. The van der Waals surface area contributed by atoms with Gasteiger partial charge in [-0.05, 0) is 43.2 Å². The fourth-order valence-electron chi connectivity index (χ4n) is 4.18. The molecule has 1 heteroatoms. The second kappa shape index (κ2) is 6.09. The van der Waals surface area contributed by atoms with Crippen molar-refractivity contribution in [2.75, 3.05) is 13.1 Å². The average Bonchev–Trinajstić information content (AvgIpc) is 2.49. The van der Waals surface area contributed by atoms with Crippen LogP contribution >= 0.6 is 0 Å². The van der Waals surface area contributed by atoms with Gasteiger partial charge in [-0.2, -0.15) is 0 Å². The first-order chi connectivity index (χ1) is 9.34. The van der Waals surface area contributed by atoms with Gasteiger partial charge in [-0.3, -0.25) is 0 Å². The van der Waals surface area contributed by atoms with E-state index in [9.17, 15) is 0 Å². The van der Waals surface area contributed by atoms with E-state index in [4.69, 9.17) is 0 Å². The maximum atomic E-state index is 3.62. The highest BCUT2D eigenvalue weighted by Gasteiger charge is 2.33. The van der Waals surface area contributed by atoms with Crippen LogP contribution in [0.2, 0.25) is 0 Å². The molecule has 2 fully saturated rings. The number of aryl methyl sites for hydroxylation is 1. The third-order valence-corrected chi connectivity index (χ3v) is 5.30. The molecule has 0 aromatic heterocycles. The molecule has 0 radical (unpaired) electrons. The second-order valence-electron chi connectivity index (χ2n) is 6.57. The minimum atomic E-state index is 0.748. The van der Waals surface area contributed by atoms with Crippen LogP contribution in [-0.4, -0.2) is 13.1 Å². The lowest BCUT2D eigenvalue weighted by molar-refractivity contribution is 0.178. The summed E-state index contributed by atoms with van der Waals surface area (Å²) in [6.07, 6.45) is 8.74. The van der Waals surface area contributed by atoms with Crippen molar-refractivity contribution in [2.45, 2.75) is 51.4 Å². The predicted molar refractivity (Wildman–Crippen MR) is 81.5 cm³/mol. The molecule has 2 unspecified atom stereocenters. The van der Waals surface area contributed by atoms with E-state index in [0.29, 0.717) is 0 Å². The fourth-order valence-corrected chi connectivity index (χ4v) is 4.18. The van der Waals surface area contributed by atoms with Crippen LogP contribution in [0.5, 0.6) is 0 Å². The van der Waals surface area contributed by atoms with Crippen LogP contribution in [0.25, 0.3) is 0 Å². The molecule has 1 N–H and O–H groups in total. The molecule has 0 bridgehead atoms. The Balaban J connectivity index is 1.78. The summed E-state index contributed by atoms with van der Waals surface area (Å²) in [5.74, 6) is 2.66. The van der Waals surface area contributed by atoms with Crippen molar-refractivity contribution in [3.8, 4) is 0 Å². The minimum absolute atomic E-state index is 0.748. The summed E-state index contributed by atoms with van der Waals surface area (Å²) in [4.78, 5) is 0. The molecule has 1 heterocycles. The van der Waals surface area contributed by atoms with Crippen LogP contribution in [0.1, 0.15) is 55.6 Å². The highest BCUT2D eigenvalue weighted by Crippen LogP contribution is 2.41. The molecule has 1 saturated carbocycles. The van der Waals surface area contributed by atoms with Crippen molar-refractivity contribution in [1.82, 2.24) is 5.32 Å². The normalized spacial score (nSPS) is 29.3. The number of hydrogen-bond acceptors (Lipinski definition) is 1. The first-order valence-electron chi connectivity index (χ1n) is 8.12. The number of piperidine rings is 1. The molecule has 2 atom stereocenters. The monoisotopic (exact) mass is 257 g/mol. The molecule has 1 aliphatic carbocycles. The van der Waals surface area contributed by atoms with E-state index in [0.717, 1.165) is 17.8 Å². The quantitative estimate of drug-likeness (QED) is 0.834. The molecule has 19 heavy (non-hydrogen) atoms. The molecule has 104 valence electrons. The van der Waals surface area contributed by atoms with Gasteiger partial charge in [0.15, 0.2) is 0 Å². The number of nitrogens with one attached hydrogen (secondary N) is 1. The van der Waals surface area contributed by atoms with Crippen molar-refractivity contribution < 1.29 is 0 Å². The maximum absolute atomic E-state index is 3.62. The molecule has 0 amide bonds. The van der Waals surface area contributed by atoms with Crippen molar-refractivity contribution in [3.05, 3.63) is 35.4 Å². The molecule has 1 aromatic carbocycles. The van der Waals surface area contributed by atoms with Crippen molar-refractivity contribution in [1.29, 1.82) is 0 Å². The van der Waals surface area contributed by atoms with Crippen molar-refractivity contribution in [3.63, 3.8) is 0 Å². The molecule has 1 nitrogen and oxygen atoms in total. The number of benzene rings is 1. The molecule has 3 rings (SSSR count). The fraction of sp³-hybridized carbons (Fsp3) is 0.667. The van der Waals surface area contributed by atoms with Gasteiger partial charge in [-0.1, -0.05) is 61.9 Å². The standard InChI is InChI=1S/C18H27N/c1-14-7-9-16(10-8-14)18-13-19-12-11-17(18)15-5-3-2-4-6-15/h7-10,15,17-19H,2-6,11-13H2,1H3. The predicted octanol–water partition coefficient (Wildman–Crippen LogP) is 4.27. The summed E-state index contributed by atoms with van der Waals surface area (Å²) in [5, 5.41) is 3.62. The molecule has 0 spiro atoms. The zero-order chi connectivity index (χ0) is 13.1. The van der Waals surface area contributed by atoms with Gasteiger partial charge in [0.1, 0.15) is 0 Å². The Bertz CT molecular complexity index is 389. The maximum Gasteiger partial charge on any atom is 0.00229 e. The van der Waals surface area contributed by atoms with Gasteiger partial charge >= 0.3 is 0 Å². The van der Waals surface area contributed by atoms with E-state index in [2.05, 4.69) is 36.5 Å². The van der Waals surface area contributed by atoms with Crippen LogP contribution in [0.4, 0.5) is 0 Å². The van der Waals surface area contributed by atoms with Crippen LogP contribution < -0.4 is 5.32 Å². The Morgan fingerprint density at radius 3 is 2.42 bits per heavy atom. The summed E-state index contributed by atoms with van der Waals surface area (Å²) >= 11 is 0. The molecule has 2 aliphatic rings. The summed E-state index contributed by atoms with van der Waals surface area (Å²) in [6, 6.07) is 9.29. The number of rotatable bonds is 2. The van der Waals surface area contributed by atoms with Crippen LogP contribution in [0.3, 0.4) is 0 Å². The zero-order valence-corrected chi connectivity index (χ0v) is 12.2. The van der Waals surface area contributed by atoms with Gasteiger partial charge in [0, 0.05) is 6.54 Å². The Labute approximate surface area is 117 Å². The third kappa shape index (κ3) is 3.02. The molecule has 1 saturated heterocycles. The smallest absolute Gasteiger partial charge is 0.00229 e. The first-order valence-corrected chi connectivity index (χ1v) is 8.12. The van der Waals surface area contributed by atoms with E-state index >= 15 is 0 Å². The van der Waals surface area contributed by atoms with E-state index in [-0.39, 0.29) is 0 Å². The van der Waals surface area contributed by atoms with Crippen LogP contribution in [-0.2, 0) is 0 Å². The zero-order valence-electron chi connectivity index (χ0n) is 12.2. The van der Waals surface area contributed by atoms with Crippen LogP contribution in [0.15, 0.2) is 24.3 Å². The topological polar surface area (TPSA) is 12.0 Å². The Morgan fingerprint density at radius 1 is 0.947 bits per heavy atom. The van der Waals surface area contributed by atoms with Gasteiger partial charge in [0.2, 0.25) is 0 Å². The van der Waals surface area contributed by atoms with Crippen LogP contribution in [0, 0.1) is 18.8 Å². The Kier molecular flexibility index (Phi) is 4.22. The SMILES string of the molecule is Cc1ccc(C2CNCCC2C2CCCCC2)cc1. The van der Waals surface area contributed by atoms with Crippen molar-refractivity contribution >= 4 is 0 Å². The lowest BCUT2D eigenvalue weighted by Gasteiger charge is -2.39. The molecule has 1 aromatic rings. The summed E-state index contributed by atoms with van der Waals surface area (Å²) in [7, 11) is 0. The van der Waals surface area contributed by atoms with Gasteiger partial charge < -0.3 is 5.32 Å². The first kappa shape index (κ1) is 13.2. The Hall–Kier alpha value is -0.820. The van der Waals surface area contributed by atoms with E-state index < -0.39 is 0 Å². The second-order valence-corrected chi connectivity index (χ2v) is 6.57. The van der Waals surface area contributed by atoms with Gasteiger partial charge in [0.05, 0.1) is 0 Å². The summed E-state index contributed by atoms with van der Waals surface area (Å²) < 4.78 is 0. The van der Waals surface area contributed by atoms with Gasteiger partial charge in [-0.15, -0.1) is 0 Å². The summed E-state index contributed by atoms with van der Waals surface area (Å²) in [6.45, 7) is 4.59. The highest BCUT2D eigenvalue weighted by atomic mass is 14.9. The highest BCUT2D eigenvalue weighted by molar-refractivity contribution is 5.26. The van der Waals surface area contributed by atoms with E-state index in [1.54, 1.807) is 5.56 Å². The molecular weight excluding hydrogens is 230 g/mol. The third-order valence-electron chi connectivity index (χ3n) is 5.30. The molecular formula is C18H27N. The van der Waals surface area contributed by atoms with Gasteiger partial charge in [0.25, 0.3) is 0 Å². The van der Waals surface area contributed by atoms with E-state index in [1.165, 1.54) is 57.2 Å². The van der Waals surface area contributed by atoms with Crippen molar-refractivity contribution in [2.24, 2.45) is 11.8 Å². The lowest BCUT2D eigenvalue weighted by Crippen LogP contribution is -2.39. The summed E-state index contributed by atoms with van der Waals surface area (Å²) in [5.41, 5.74) is 2.94. The van der Waals surface area contributed by atoms with Gasteiger partial charge in [-0.25, -0.2) is 0 Å². The largest absolute Gasteiger partial charge is 0.316 e. The average molecular weight is 257 g/mol. The molecule has 1 aliphatic heterocycles. The number of hydrogen-bond donors (Lipinski definition) is 1. The lowest BCUT2D eigenvalue weighted by atomic mass is 9.69. The Morgan fingerprint density at radius 2 is 1.68 bits per heavy atom.